The van der Waals surface area contributed by atoms with E-state index in [0.717, 1.165) is 4.90 Å². The van der Waals surface area contributed by atoms with Gasteiger partial charge < -0.3 is 15.4 Å². The Kier molecular flexibility index (Phi) is 8.07. The highest BCUT2D eigenvalue weighted by atomic mass is 32.2. The maximum Gasteiger partial charge on any atom is 0.329 e. The summed E-state index contributed by atoms with van der Waals surface area (Å²) in [6.07, 6.45) is 1.97. The Morgan fingerprint density at radius 1 is 1.00 bits per heavy atom. The molecule has 6 nitrogen and oxygen atoms in total. The average Bonchev–Trinajstić information content (AvgIpc) is 2.71. The molecule has 0 saturated carbocycles. The lowest BCUT2D eigenvalue weighted by molar-refractivity contribution is -0.150. The summed E-state index contributed by atoms with van der Waals surface area (Å²) in [7, 11) is 0. The highest BCUT2D eigenvalue weighted by molar-refractivity contribution is 7.98. The Balaban J connectivity index is 1.88. The standard InChI is InChI=1S/C21H24N2O4S/c1-14(2)19(23-20(25)15-7-5-4-6-8-15)21(26)27-13-18(24)22-16-9-11-17(28-3)12-10-16/h4-12,14,19H,13H2,1-3H3,(H,22,24)(H,23,25)/t19-/m0/s1. The number of anilines is 1. The van der Waals surface area contributed by atoms with Crippen molar-refractivity contribution < 1.29 is 19.1 Å². The second kappa shape index (κ2) is 10.5. The van der Waals surface area contributed by atoms with Crippen molar-refractivity contribution in [2.45, 2.75) is 24.8 Å². The number of hydrogen-bond donors (Lipinski definition) is 2. The van der Waals surface area contributed by atoms with Crippen LogP contribution < -0.4 is 10.6 Å². The molecule has 0 bridgehead atoms. The number of carbonyl (C=O) groups is 3. The van der Waals surface area contributed by atoms with Gasteiger partial charge in [0, 0.05) is 16.1 Å². The molecule has 0 unspecified atom stereocenters. The number of thioether (sulfide) groups is 1. The summed E-state index contributed by atoms with van der Waals surface area (Å²) < 4.78 is 5.11. The van der Waals surface area contributed by atoms with Crippen LogP contribution in [0.15, 0.2) is 59.5 Å². The molecule has 0 aromatic heterocycles. The molecule has 2 amide bonds. The van der Waals surface area contributed by atoms with Crippen molar-refractivity contribution in [2.75, 3.05) is 18.2 Å². The second-order valence-corrected chi connectivity index (χ2v) is 7.33. The van der Waals surface area contributed by atoms with Crippen molar-refractivity contribution >= 4 is 35.2 Å². The number of amides is 2. The molecule has 0 radical (unpaired) electrons. The van der Waals surface area contributed by atoms with Gasteiger partial charge in [-0.3, -0.25) is 9.59 Å². The van der Waals surface area contributed by atoms with E-state index in [0.29, 0.717) is 11.3 Å². The van der Waals surface area contributed by atoms with E-state index < -0.39 is 24.5 Å². The molecule has 0 saturated heterocycles. The summed E-state index contributed by atoms with van der Waals surface area (Å²) in [6, 6.07) is 15.1. The van der Waals surface area contributed by atoms with Gasteiger partial charge in [0.1, 0.15) is 6.04 Å². The quantitative estimate of drug-likeness (QED) is 0.524. The van der Waals surface area contributed by atoms with Crippen LogP contribution in [0.2, 0.25) is 0 Å². The first-order valence-electron chi connectivity index (χ1n) is 8.87. The Morgan fingerprint density at radius 2 is 1.64 bits per heavy atom. The molecule has 0 heterocycles. The third kappa shape index (κ3) is 6.42. The minimum atomic E-state index is -0.846. The van der Waals surface area contributed by atoms with E-state index in [1.165, 1.54) is 0 Å². The van der Waals surface area contributed by atoms with Gasteiger partial charge in [-0.05, 0) is 48.6 Å². The molecule has 0 fully saturated rings. The molecule has 148 valence electrons. The van der Waals surface area contributed by atoms with E-state index >= 15 is 0 Å². The molecule has 28 heavy (non-hydrogen) atoms. The maximum absolute atomic E-state index is 12.4. The summed E-state index contributed by atoms with van der Waals surface area (Å²) in [5.74, 6) is -1.65. The predicted molar refractivity (Wildman–Crippen MR) is 110 cm³/mol. The van der Waals surface area contributed by atoms with Crippen LogP contribution in [0.1, 0.15) is 24.2 Å². The van der Waals surface area contributed by atoms with Crippen LogP contribution >= 0.6 is 11.8 Å². The molecule has 2 aromatic rings. The fraction of sp³-hybridized carbons (Fsp3) is 0.286. The molecule has 0 spiro atoms. The lowest BCUT2D eigenvalue weighted by atomic mass is 10.0. The van der Waals surface area contributed by atoms with Gasteiger partial charge in [0.25, 0.3) is 11.8 Å². The summed E-state index contributed by atoms with van der Waals surface area (Å²) in [5, 5.41) is 5.34. The van der Waals surface area contributed by atoms with Crippen LogP contribution in [0, 0.1) is 5.92 Å². The first-order chi connectivity index (χ1) is 13.4. The fourth-order valence-electron chi connectivity index (χ4n) is 2.41. The molecular formula is C21H24N2O4S. The summed E-state index contributed by atoms with van der Waals surface area (Å²) >= 11 is 1.60. The second-order valence-electron chi connectivity index (χ2n) is 6.45. The van der Waals surface area contributed by atoms with Gasteiger partial charge in [-0.15, -0.1) is 11.8 Å². The molecule has 1 atom stereocenters. The van der Waals surface area contributed by atoms with Crippen LogP contribution in [-0.2, 0) is 14.3 Å². The van der Waals surface area contributed by atoms with Gasteiger partial charge in [0.15, 0.2) is 6.61 Å². The van der Waals surface area contributed by atoms with Gasteiger partial charge in [-0.1, -0.05) is 32.0 Å². The molecule has 0 aliphatic carbocycles. The lowest BCUT2D eigenvalue weighted by Gasteiger charge is -2.20. The summed E-state index contributed by atoms with van der Waals surface area (Å²) in [6.45, 7) is 3.17. The fourth-order valence-corrected chi connectivity index (χ4v) is 2.82. The van der Waals surface area contributed by atoms with Gasteiger partial charge in [0.05, 0.1) is 0 Å². The van der Waals surface area contributed by atoms with Crippen molar-refractivity contribution in [3.8, 4) is 0 Å². The minimum Gasteiger partial charge on any atom is -0.454 e. The number of carbonyl (C=O) groups excluding carboxylic acids is 3. The SMILES string of the molecule is CSc1ccc(NC(=O)COC(=O)[C@@H](NC(=O)c2ccccc2)C(C)C)cc1. The third-order valence-corrected chi connectivity index (χ3v) is 4.71. The Labute approximate surface area is 169 Å². The molecule has 2 N–H and O–H groups in total. The first-order valence-corrected chi connectivity index (χ1v) is 10.1. The molecule has 7 heteroatoms. The van der Waals surface area contributed by atoms with Crippen LogP contribution in [0.5, 0.6) is 0 Å². The zero-order valence-corrected chi connectivity index (χ0v) is 16.9. The Bertz CT molecular complexity index is 807. The van der Waals surface area contributed by atoms with E-state index in [1.807, 2.05) is 18.4 Å². The number of benzene rings is 2. The lowest BCUT2D eigenvalue weighted by Crippen LogP contribution is -2.45. The molecular weight excluding hydrogens is 376 g/mol. The number of hydrogen-bond acceptors (Lipinski definition) is 5. The number of rotatable bonds is 8. The number of nitrogens with one attached hydrogen (secondary N) is 2. The highest BCUT2D eigenvalue weighted by Crippen LogP contribution is 2.17. The van der Waals surface area contributed by atoms with Crippen LogP contribution in [0.3, 0.4) is 0 Å². The van der Waals surface area contributed by atoms with E-state index in [-0.39, 0.29) is 11.8 Å². The van der Waals surface area contributed by atoms with E-state index in [9.17, 15) is 14.4 Å². The zero-order valence-electron chi connectivity index (χ0n) is 16.1. The maximum atomic E-state index is 12.4. The van der Waals surface area contributed by atoms with Crippen molar-refractivity contribution in [1.82, 2.24) is 5.32 Å². The third-order valence-electron chi connectivity index (χ3n) is 3.96. The topological polar surface area (TPSA) is 84.5 Å². The highest BCUT2D eigenvalue weighted by Gasteiger charge is 2.26. The smallest absolute Gasteiger partial charge is 0.329 e. The van der Waals surface area contributed by atoms with Gasteiger partial charge in [-0.25, -0.2) is 4.79 Å². The molecule has 2 rings (SSSR count). The molecule has 2 aromatic carbocycles. The molecule has 0 aliphatic rings. The summed E-state index contributed by atoms with van der Waals surface area (Å²) in [5.41, 5.74) is 1.07. The normalized spacial score (nSPS) is 11.6. The van der Waals surface area contributed by atoms with Gasteiger partial charge in [0.2, 0.25) is 0 Å². The number of esters is 1. The van der Waals surface area contributed by atoms with Crippen LogP contribution in [-0.4, -0.2) is 36.7 Å². The number of ether oxygens (including phenoxy) is 1. The first kappa shape index (κ1) is 21.5. The van der Waals surface area contributed by atoms with Crippen LogP contribution in [0.4, 0.5) is 5.69 Å². The van der Waals surface area contributed by atoms with E-state index in [1.54, 1.807) is 68.1 Å². The van der Waals surface area contributed by atoms with Crippen molar-refractivity contribution in [3.63, 3.8) is 0 Å². The predicted octanol–water partition coefficient (Wildman–Crippen LogP) is 3.34. The minimum absolute atomic E-state index is 0.192. The zero-order chi connectivity index (χ0) is 20.5. The van der Waals surface area contributed by atoms with E-state index in [2.05, 4.69) is 10.6 Å². The van der Waals surface area contributed by atoms with Crippen molar-refractivity contribution in [3.05, 3.63) is 60.2 Å². The summed E-state index contributed by atoms with van der Waals surface area (Å²) in [4.78, 5) is 37.8. The average molecular weight is 401 g/mol. The van der Waals surface area contributed by atoms with Crippen LogP contribution in [0.25, 0.3) is 0 Å². The molecule has 0 aliphatic heterocycles. The Morgan fingerprint density at radius 3 is 2.21 bits per heavy atom. The van der Waals surface area contributed by atoms with Gasteiger partial charge in [-0.2, -0.15) is 0 Å². The monoisotopic (exact) mass is 400 g/mol. The van der Waals surface area contributed by atoms with Gasteiger partial charge >= 0.3 is 5.97 Å². The van der Waals surface area contributed by atoms with Crippen molar-refractivity contribution in [2.24, 2.45) is 5.92 Å². The van der Waals surface area contributed by atoms with E-state index in [4.69, 9.17) is 4.74 Å². The van der Waals surface area contributed by atoms with Crippen molar-refractivity contribution in [1.29, 1.82) is 0 Å². The largest absolute Gasteiger partial charge is 0.454 e. The Hall–Kier alpha value is -2.80.